The van der Waals surface area contributed by atoms with E-state index in [0.717, 1.165) is 5.56 Å². The van der Waals surface area contributed by atoms with Crippen molar-refractivity contribution in [3.63, 3.8) is 0 Å². The molecule has 0 radical (unpaired) electrons. The van der Waals surface area contributed by atoms with Crippen LogP contribution in [0.2, 0.25) is 5.02 Å². The Morgan fingerprint density at radius 2 is 2.04 bits per heavy atom. The molecular formula is C17H19ClN6O2S. The van der Waals surface area contributed by atoms with Crippen molar-refractivity contribution in [1.82, 2.24) is 24.5 Å². The van der Waals surface area contributed by atoms with Crippen LogP contribution >= 0.6 is 23.4 Å². The maximum atomic E-state index is 12.2. The van der Waals surface area contributed by atoms with Crippen LogP contribution in [0.25, 0.3) is 11.4 Å². The Balaban J connectivity index is 1.71. The van der Waals surface area contributed by atoms with Crippen LogP contribution in [-0.2, 0) is 18.4 Å². The molecule has 3 aromatic rings. The van der Waals surface area contributed by atoms with E-state index >= 15 is 0 Å². The zero-order valence-electron chi connectivity index (χ0n) is 15.1. The summed E-state index contributed by atoms with van der Waals surface area (Å²) in [5.41, 5.74) is 1.45. The molecule has 0 spiro atoms. The van der Waals surface area contributed by atoms with Crippen molar-refractivity contribution >= 4 is 35.0 Å². The van der Waals surface area contributed by atoms with Gasteiger partial charge in [-0.05, 0) is 31.2 Å². The normalized spacial score (nSPS) is 10.8. The number of benzene rings is 1. The standard InChI is InChI=1S/C17H19ClN6O2S/c1-4-24-15(13-9-23(2)22-16(13)26-3)20-21-17(24)27-10-14(25)19-12-7-5-11(18)6-8-12/h5-9H,4,10H2,1-3H3,(H,19,25). The van der Waals surface area contributed by atoms with E-state index in [1.54, 1.807) is 36.1 Å². The van der Waals surface area contributed by atoms with Crippen LogP contribution in [0.3, 0.4) is 0 Å². The van der Waals surface area contributed by atoms with E-state index < -0.39 is 0 Å². The van der Waals surface area contributed by atoms with Crippen molar-refractivity contribution < 1.29 is 9.53 Å². The molecule has 0 aliphatic heterocycles. The molecule has 27 heavy (non-hydrogen) atoms. The second-order valence-electron chi connectivity index (χ2n) is 5.62. The van der Waals surface area contributed by atoms with Crippen LogP contribution in [0, 0.1) is 0 Å². The van der Waals surface area contributed by atoms with Gasteiger partial charge < -0.3 is 14.6 Å². The Morgan fingerprint density at radius 3 is 2.70 bits per heavy atom. The number of halogens is 1. The van der Waals surface area contributed by atoms with Gasteiger partial charge in [-0.2, -0.15) is 0 Å². The fourth-order valence-corrected chi connectivity index (χ4v) is 3.44. The molecule has 0 bridgehead atoms. The summed E-state index contributed by atoms with van der Waals surface area (Å²) in [4.78, 5) is 12.2. The number of carbonyl (C=O) groups excluding carboxylic acids is 1. The number of carbonyl (C=O) groups is 1. The zero-order valence-corrected chi connectivity index (χ0v) is 16.7. The van der Waals surface area contributed by atoms with Crippen molar-refractivity contribution in [2.75, 3.05) is 18.2 Å². The van der Waals surface area contributed by atoms with Gasteiger partial charge in [-0.3, -0.25) is 9.48 Å². The highest BCUT2D eigenvalue weighted by atomic mass is 35.5. The lowest BCUT2D eigenvalue weighted by Crippen LogP contribution is -2.14. The number of nitrogens with zero attached hydrogens (tertiary/aromatic N) is 5. The third kappa shape index (κ3) is 4.42. The van der Waals surface area contributed by atoms with E-state index in [1.807, 2.05) is 24.7 Å². The molecule has 1 amide bonds. The summed E-state index contributed by atoms with van der Waals surface area (Å²) in [6.07, 6.45) is 1.83. The zero-order chi connectivity index (χ0) is 19.4. The highest BCUT2D eigenvalue weighted by Gasteiger charge is 2.20. The molecule has 0 aliphatic rings. The Kier molecular flexibility index (Phi) is 6.02. The predicted molar refractivity (Wildman–Crippen MR) is 105 cm³/mol. The summed E-state index contributed by atoms with van der Waals surface area (Å²) in [5, 5.41) is 16.8. The molecule has 0 saturated carbocycles. The predicted octanol–water partition coefficient (Wildman–Crippen LogP) is 3.09. The molecule has 0 saturated heterocycles. The van der Waals surface area contributed by atoms with Gasteiger partial charge in [0.15, 0.2) is 11.0 Å². The number of aryl methyl sites for hydroxylation is 1. The van der Waals surface area contributed by atoms with Crippen LogP contribution < -0.4 is 10.1 Å². The smallest absolute Gasteiger partial charge is 0.243 e. The summed E-state index contributed by atoms with van der Waals surface area (Å²) in [6.45, 7) is 2.65. The first kappa shape index (κ1) is 19.2. The van der Waals surface area contributed by atoms with E-state index in [1.165, 1.54) is 11.8 Å². The van der Waals surface area contributed by atoms with Crippen molar-refractivity contribution in [3.05, 3.63) is 35.5 Å². The number of rotatable bonds is 7. The van der Waals surface area contributed by atoms with Gasteiger partial charge in [0.1, 0.15) is 5.56 Å². The summed E-state index contributed by atoms with van der Waals surface area (Å²) in [6, 6.07) is 6.97. The molecule has 142 valence electrons. The largest absolute Gasteiger partial charge is 0.479 e. The van der Waals surface area contributed by atoms with Crippen LogP contribution in [-0.4, -0.2) is 43.3 Å². The number of hydrogen-bond acceptors (Lipinski definition) is 6. The molecule has 0 aliphatic carbocycles. The third-order valence-corrected chi connectivity index (χ3v) is 4.94. The van der Waals surface area contributed by atoms with Gasteiger partial charge in [-0.15, -0.1) is 15.3 Å². The molecule has 0 unspecified atom stereocenters. The summed E-state index contributed by atoms with van der Waals surface area (Å²) >= 11 is 7.17. The number of methoxy groups -OCH3 is 1. The number of anilines is 1. The number of aromatic nitrogens is 5. The second kappa shape index (κ2) is 8.45. The van der Waals surface area contributed by atoms with Crippen molar-refractivity contribution in [2.24, 2.45) is 7.05 Å². The van der Waals surface area contributed by atoms with Crippen molar-refractivity contribution in [2.45, 2.75) is 18.6 Å². The number of nitrogens with one attached hydrogen (secondary N) is 1. The van der Waals surface area contributed by atoms with Crippen molar-refractivity contribution in [3.8, 4) is 17.3 Å². The number of amides is 1. The molecular weight excluding hydrogens is 388 g/mol. The first-order valence-corrected chi connectivity index (χ1v) is 9.57. The molecule has 3 rings (SSSR count). The van der Waals surface area contributed by atoms with E-state index in [2.05, 4.69) is 20.6 Å². The Morgan fingerprint density at radius 1 is 1.30 bits per heavy atom. The summed E-state index contributed by atoms with van der Waals surface area (Å²) in [5.74, 6) is 1.22. The molecule has 10 heteroatoms. The first-order chi connectivity index (χ1) is 13.0. The fraction of sp³-hybridized carbons (Fsp3) is 0.294. The maximum absolute atomic E-state index is 12.2. The van der Waals surface area contributed by atoms with E-state index in [-0.39, 0.29) is 11.7 Å². The van der Waals surface area contributed by atoms with Gasteiger partial charge in [-0.25, -0.2) is 0 Å². The van der Waals surface area contributed by atoms with Gasteiger partial charge >= 0.3 is 0 Å². The van der Waals surface area contributed by atoms with Crippen LogP contribution in [0.5, 0.6) is 5.88 Å². The van der Waals surface area contributed by atoms with E-state index in [9.17, 15) is 4.79 Å². The Bertz CT molecular complexity index is 938. The summed E-state index contributed by atoms with van der Waals surface area (Å²) in [7, 11) is 3.38. The number of thioether (sulfide) groups is 1. The molecule has 2 aromatic heterocycles. The average molecular weight is 407 g/mol. The van der Waals surface area contributed by atoms with Gasteiger partial charge in [0.2, 0.25) is 11.8 Å². The van der Waals surface area contributed by atoms with Crippen LogP contribution in [0.1, 0.15) is 6.92 Å². The molecule has 8 nitrogen and oxygen atoms in total. The maximum Gasteiger partial charge on any atom is 0.243 e. The fourth-order valence-electron chi connectivity index (χ4n) is 2.51. The third-order valence-electron chi connectivity index (χ3n) is 3.72. The first-order valence-electron chi connectivity index (χ1n) is 8.21. The molecule has 0 fully saturated rings. The molecule has 1 N–H and O–H groups in total. The lowest BCUT2D eigenvalue weighted by molar-refractivity contribution is -0.113. The van der Waals surface area contributed by atoms with Gasteiger partial charge in [-0.1, -0.05) is 23.4 Å². The Labute approximate surface area is 165 Å². The van der Waals surface area contributed by atoms with E-state index in [4.69, 9.17) is 16.3 Å². The lowest BCUT2D eigenvalue weighted by Gasteiger charge is -2.07. The molecule has 1 aromatic carbocycles. The quantitative estimate of drug-likeness (QED) is 0.607. The molecule has 0 atom stereocenters. The van der Waals surface area contributed by atoms with E-state index in [0.29, 0.717) is 34.1 Å². The average Bonchev–Trinajstić information content (AvgIpc) is 3.24. The second-order valence-corrected chi connectivity index (χ2v) is 7.00. The Hall–Kier alpha value is -2.52. The lowest BCUT2D eigenvalue weighted by atomic mass is 10.3. The monoisotopic (exact) mass is 406 g/mol. The highest BCUT2D eigenvalue weighted by molar-refractivity contribution is 7.99. The minimum Gasteiger partial charge on any atom is -0.479 e. The van der Waals surface area contributed by atoms with Gasteiger partial charge in [0.25, 0.3) is 0 Å². The minimum atomic E-state index is -0.131. The number of hydrogen-bond donors (Lipinski definition) is 1. The molecule has 2 heterocycles. The van der Waals surface area contributed by atoms with Crippen LogP contribution in [0.4, 0.5) is 5.69 Å². The summed E-state index contributed by atoms with van der Waals surface area (Å²) < 4.78 is 8.90. The van der Waals surface area contributed by atoms with Crippen molar-refractivity contribution in [1.29, 1.82) is 0 Å². The minimum absolute atomic E-state index is 0.131. The van der Waals surface area contributed by atoms with Crippen LogP contribution in [0.15, 0.2) is 35.6 Å². The highest BCUT2D eigenvalue weighted by Crippen LogP contribution is 2.29. The topological polar surface area (TPSA) is 86.9 Å². The van der Waals surface area contributed by atoms with Gasteiger partial charge in [0.05, 0.1) is 12.9 Å². The SMILES string of the molecule is CCn1c(SCC(=O)Nc2ccc(Cl)cc2)nnc1-c1cn(C)nc1OC. The van der Waals surface area contributed by atoms with Gasteiger partial charge in [0, 0.05) is 30.5 Å². The number of ether oxygens (including phenoxy) is 1.